The van der Waals surface area contributed by atoms with Crippen LogP contribution in [0.3, 0.4) is 0 Å². The van der Waals surface area contributed by atoms with Gasteiger partial charge in [0.1, 0.15) is 0 Å². The number of cyclic esters (lactones) is 1. The monoisotopic (exact) mass is 208 g/mol. The molecular weight excluding hydrogens is 196 g/mol. The van der Waals surface area contributed by atoms with Crippen LogP contribution in [0.25, 0.3) is 0 Å². The van der Waals surface area contributed by atoms with Gasteiger partial charge in [0, 0.05) is 10.1 Å². The van der Waals surface area contributed by atoms with Crippen molar-refractivity contribution in [1.29, 1.82) is 0 Å². The summed E-state index contributed by atoms with van der Waals surface area (Å²) < 4.78 is 4.89. The molecule has 0 N–H and O–H groups in total. The van der Waals surface area contributed by atoms with Gasteiger partial charge in [0.25, 0.3) is 0 Å². The maximum Gasteiger partial charge on any atom is 0.306 e. The lowest BCUT2D eigenvalue weighted by Crippen LogP contribution is -2.22. The molecule has 1 aromatic rings. The largest absolute Gasteiger partial charge is 0.466 e. The van der Waals surface area contributed by atoms with Gasteiger partial charge < -0.3 is 4.74 Å². The molecule has 1 fully saturated rings. The first-order valence-corrected chi connectivity index (χ1v) is 5.60. The minimum absolute atomic E-state index is 0.0651. The molecule has 1 aliphatic heterocycles. The summed E-state index contributed by atoms with van der Waals surface area (Å²) in [5.41, 5.74) is 0. The van der Waals surface area contributed by atoms with Crippen molar-refractivity contribution < 1.29 is 9.53 Å². The third kappa shape index (κ3) is 2.51. The molecule has 1 aromatic carbocycles. The van der Waals surface area contributed by atoms with Crippen molar-refractivity contribution in [3.63, 3.8) is 0 Å². The second-order valence-electron chi connectivity index (χ2n) is 3.27. The van der Waals surface area contributed by atoms with Gasteiger partial charge >= 0.3 is 5.97 Å². The summed E-state index contributed by atoms with van der Waals surface area (Å²) in [7, 11) is 0. The molecule has 74 valence electrons. The van der Waals surface area contributed by atoms with E-state index in [-0.39, 0.29) is 5.97 Å². The lowest BCUT2D eigenvalue weighted by molar-refractivity contribution is -0.146. The van der Waals surface area contributed by atoms with E-state index < -0.39 is 0 Å². The Bertz CT molecular complexity index is 310. The topological polar surface area (TPSA) is 26.3 Å². The molecule has 2 nitrogen and oxygen atoms in total. The Labute approximate surface area is 87.6 Å². The second kappa shape index (κ2) is 4.51. The van der Waals surface area contributed by atoms with Crippen LogP contribution in [0.15, 0.2) is 35.2 Å². The lowest BCUT2D eigenvalue weighted by atomic mass is 10.2. The van der Waals surface area contributed by atoms with E-state index in [4.69, 9.17) is 4.74 Å². The number of thioether (sulfide) groups is 1. The van der Waals surface area contributed by atoms with Gasteiger partial charge in [-0.2, -0.15) is 0 Å². The van der Waals surface area contributed by atoms with Crippen molar-refractivity contribution >= 4 is 17.7 Å². The highest BCUT2D eigenvalue weighted by Gasteiger charge is 2.21. The number of rotatable bonds is 2. The highest BCUT2D eigenvalue weighted by molar-refractivity contribution is 8.00. The first-order chi connectivity index (χ1) is 6.84. The number of carbonyl (C=O) groups is 1. The van der Waals surface area contributed by atoms with Crippen LogP contribution >= 0.6 is 11.8 Å². The molecular formula is C11H12O2S. The van der Waals surface area contributed by atoms with Crippen LogP contribution in [0.4, 0.5) is 0 Å². The SMILES string of the molecule is O=C1C[C@H](Sc2ccccc2)CCO1. The van der Waals surface area contributed by atoms with E-state index in [1.54, 1.807) is 11.8 Å². The van der Waals surface area contributed by atoms with Crippen LogP contribution < -0.4 is 0 Å². The summed E-state index contributed by atoms with van der Waals surface area (Å²) in [4.78, 5) is 12.3. The Hall–Kier alpha value is -0.960. The minimum Gasteiger partial charge on any atom is -0.466 e. The first-order valence-electron chi connectivity index (χ1n) is 4.72. The van der Waals surface area contributed by atoms with Crippen molar-refractivity contribution in [1.82, 2.24) is 0 Å². The second-order valence-corrected chi connectivity index (χ2v) is 4.64. The predicted molar refractivity (Wildman–Crippen MR) is 56.3 cm³/mol. The molecule has 1 atom stereocenters. The van der Waals surface area contributed by atoms with Crippen LogP contribution in [-0.4, -0.2) is 17.8 Å². The predicted octanol–water partition coefficient (Wildman–Crippen LogP) is 2.48. The molecule has 0 radical (unpaired) electrons. The summed E-state index contributed by atoms with van der Waals surface area (Å²) in [6.07, 6.45) is 1.50. The number of benzene rings is 1. The molecule has 1 aliphatic rings. The number of carbonyl (C=O) groups excluding carboxylic acids is 1. The minimum atomic E-state index is -0.0651. The molecule has 0 saturated carbocycles. The van der Waals surface area contributed by atoms with Gasteiger partial charge in [-0.15, -0.1) is 11.8 Å². The van der Waals surface area contributed by atoms with E-state index in [2.05, 4.69) is 12.1 Å². The van der Waals surface area contributed by atoms with Crippen LogP contribution in [0.2, 0.25) is 0 Å². The smallest absolute Gasteiger partial charge is 0.306 e. The average Bonchev–Trinajstić information content (AvgIpc) is 2.19. The summed E-state index contributed by atoms with van der Waals surface area (Å²) in [5, 5.41) is 0.388. The first kappa shape index (κ1) is 9.59. The van der Waals surface area contributed by atoms with E-state index in [1.165, 1.54) is 4.90 Å². The normalized spacial score (nSPS) is 21.7. The van der Waals surface area contributed by atoms with E-state index in [1.807, 2.05) is 18.2 Å². The highest BCUT2D eigenvalue weighted by Crippen LogP contribution is 2.29. The molecule has 0 aromatic heterocycles. The number of esters is 1. The molecule has 2 rings (SSSR count). The Morgan fingerprint density at radius 3 is 2.79 bits per heavy atom. The van der Waals surface area contributed by atoms with E-state index in [0.29, 0.717) is 18.3 Å². The summed E-state index contributed by atoms with van der Waals surface area (Å²) >= 11 is 1.77. The molecule has 0 unspecified atom stereocenters. The highest BCUT2D eigenvalue weighted by atomic mass is 32.2. The summed E-state index contributed by atoms with van der Waals surface area (Å²) in [5.74, 6) is -0.0651. The van der Waals surface area contributed by atoms with Crippen molar-refractivity contribution in [3.05, 3.63) is 30.3 Å². The van der Waals surface area contributed by atoms with Gasteiger partial charge in [0.05, 0.1) is 13.0 Å². The number of hydrogen-bond acceptors (Lipinski definition) is 3. The maximum absolute atomic E-state index is 11.0. The molecule has 0 amide bonds. The van der Waals surface area contributed by atoms with Crippen LogP contribution in [0, 0.1) is 0 Å². The molecule has 3 heteroatoms. The van der Waals surface area contributed by atoms with Crippen molar-refractivity contribution in [3.8, 4) is 0 Å². The summed E-state index contributed by atoms with van der Waals surface area (Å²) in [6, 6.07) is 10.2. The zero-order valence-electron chi connectivity index (χ0n) is 7.81. The maximum atomic E-state index is 11.0. The summed E-state index contributed by atoms with van der Waals surface area (Å²) in [6.45, 7) is 0.573. The molecule has 0 bridgehead atoms. The van der Waals surface area contributed by atoms with E-state index in [0.717, 1.165) is 6.42 Å². The zero-order chi connectivity index (χ0) is 9.80. The fraction of sp³-hybridized carbons (Fsp3) is 0.364. The van der Waals surface area contributed by atoms with Crippen LogP contribution in [0.1, 0.15) is 12.8 Å². The van der Waals surface area contributed by atoms with E-state index >= 15 is 0 Å². The quantitative estimate of drug-likeness (QED) is 0.698. The Morgan fingerprint density at radius 2 is 2.07 bits per heavy atom. The molecule has 14 heavy (non-hydrogen) atoms. The van der Waals surface area contributed by atoms with Crippen molar-refractivity contribution in [2.45, 2.75) is 23.0 Å². The third-order valence-corrected chi connectivity index (χ3v) is 3.42. The average molecular weight is 208 g/mol. The zero-order valence-corrected chi connectivity index (χ0v) is 8.63. The molecule has 0 spiro atoms. The standard InChI is InChI=1S/C11H12O2S/c12-11-8-10(6-7-13-11)14-9-4-2-1-3-5-9/h1-5,10H,6-8H2/t10-/m1/s1. The third-order valence-electron chi connectivity index (χ3n) is 2.14. The van der Waals surface area contributed by atoms with E-state index in [9.17, 15) is 4.79 Å². The Morgan fingerprint density at radius 1 is 1.29 bits per heavy atom. The number of ether oxygens (including phenoxy) is 1. The number of hydrogen-bond donors (Lipinski definition) is 0. The fourth-order valence-electron chi connectivity index (χ4n) is 1.44. The van der Waals surface area contributed by atoms with Gasteiger partial charge in [0.2, 0.25) is 0 Å². The van der Waals surface area contributed by atoms with Crippen LogP contribution in [0.5, 0.6) is 0 Å². The van der Waals surface area contributed by atoms with Crippen molar-refractivity contribution in [2.75, 3.05) is 6.61 Å². The van der Waals surface area contributed by atoms with Gasteiger partial charge in [-0.1, -0.05) is 18.2 Å². The molecule has 1 heterocycles. The lowest BCUT2D eigenvalue weighted by Gasteiger charge is -2.20. The van der Waals surface area contributed by atoms with Gasteiger partial charge in [-0.05, 0) is 18.6 Å². The van der Waals surface area contributed by atoms with Gasteiger partial charge in [0.15, 0.2) is 0 Å². The molecule has 0 aliphatic carbocycles. The van der Waals surface area contributed by atoms with Gasteiger partial charge in [-0.25, -0.2) is 0 Å². The van der Waals surface area contributed by atoms with Crippen molar-refractivity contribution in [2.24, 2.45) is 0 Å². The van der Waals surface area contributed by atoms with Gasteiger partial charge in [-0.3, -0.25) is 4.79 Å². The Balaban J connectivity index is 1.94. The Kier molecular flexibility index (Phi) is 3.09. The van der Waals surface area contributed by atoms with Crippen LogP contribution in [-0.2, 0) is 9.53 Å². The fourth-order valence-corrected chi connectivity index (χ4v) is 2.58. The molecule has 1 saturated heterocycles.